The van der Waals surface area contributed by atoms with Gasteiger partial charge in [0.05, 0.1) is 17.3 Å². The van der Waals surface area contributed by atoms with Gasteiger partial charge in [-0.3, -0.25) is 0 Å². The van der Waals surface area contributed by atoms with Gasteiger partial charge in [-0.1, -0.05) is 6.92 Å². The van der Waals surface area contributed by atoms with Crippen LogP contribution in [0, 0.1) is 0 Å². The molecule has 0 bridgehead atoms. The van der Waals surface area contributed by atoms with Crippen LogP contribution >= 0.6 is 0 Å². The Bertz CT molecular complexity index is 472. The van der Waals surface area contributed by atoms with Crippen LogP contribution in [0.15, 0.2) is 0 Å². The zero-order valence-corrected chi connectivity index (χ0v) is 12.5. The Labute approximate surface area is 110 Å². The predicted octanol–water partition coefficient (Wildman–Crippen LogP) is -0.517. The largest absolute Gasteiger partial charge is 0.317 e. The third-order valence-corrected chi connectivity index (χ3v) is 6.45. The van der Waals surface area contributed by atoms with Crippen LogP contribution in [0.4, 0.5) is 0 Å². The molecule has 0 aliphatic carbocycles. The van der Waals surface area contributed by atoms with Crippen molar-refractivity contribution in [1.82, 2.24) is 10.0 Å². The minimum Gasteiger partial charge on any atom is -0.317 e. The number of sulfone groups is 1. The maximum Gasteiger partial charge on any atom is 0.212 e. The zero-order valence-electron chi connectivity index (χ0n) is 10.9. The van der Waals surface area contributed by atoms with E-state index in [2.05, 4.69) is 10.0 Å². The molecule has 0 aromatic rings. The van der Waals surface area contributed by atoms with Crippen molar-refractivity contribution in [3.8, 4) is 0 Å². The molecular weight excluding hydrogens is 276 g/mol. The Kier molecular flexibility index (Phi) is 5.16. The first kappa shape index (κ1) is 15.9. The summed E-state index contributed by atoms with van der Waals surface area (Å²) in [6.45, 7) is 5.06. The first-order valence-electron chi connectivity index (χ1n) is 6.11. The third-order valence-electron chi connectivity index (χ3n) is 2.92. The highest BCUT2D eigenvalue weighted by atomic mass is 32.2. The molecule has 0 saturated carbocycles. The van der Waals surface area contributed by atoms with Crippen molar-refractivity contribution in [1.29, 1.82) is 0 Å². The lowest BCUT2D eigenvalue weighted by Gasteiger charge is -2.23. The lowest BCUT2D eigenvalue weighted by molar-refractivity contribution is 0.461. The molecular formula is C10H22N2O4S2. The first-order chi connectivity index (χ1) is 8.18. The van der Waals surface area contributed by atoms with E-state index in [1.807, 2.05) is 6.92 Å². The average molecular weight is 298 g/mol. The Morgan fingerprint density at radius 1 is 1.33 bits per heavy atom. The van der Waals surface area contributed by atoms with Gasteiger partial charge >= 0.3 is 0 Å². The fourth-order valence-electron chi connectivity index (χ4n) is 2.08. The summed E-state index contributed by atoms with van der Waals surface area (Å²) < 4.78 is 49.0. The van der Waals surface area contributed by atoms with E-state index in [4.69, 9.17) is 0 Å². The maximum atomic E-state index is 11.8. The molecule has 8 heteroatoms. The molecule has 0 aromatic heterocycles. The van der Waals surface area contributed by atoms with Crippen molar-refractivity contribution in [3.05, 3.63) is 0 Å². The summed E-state index contributed by atoms with van der Waals surface area (Å²) in [5, 5.41) is 3.05. The summed E-state index contributed by atoms with van der Waals surface area (Å²) >= 11 is 0. The van der Waals surface area contributed by atoms with Gasteiger partial charge in [-0.25, -0.2) is 21.6 Å². The van der Waals surface area contributed by atoms with Crippen molar-refractivity contribution >= 4 is 19.9 Å². The highest BCUT2D eigenvalue weighted by Crippen LogP contribution is 2.23. The highest BCUT2D eigenvalue weighted by Gasteiger charge is 2.40. The van der Waals surface area contributed by atoms with E-state index in [1.54, 1.807) is 6.92 Å². The van der Waals surface area contributed by atoms with Crippen molar-refractivity contribution < 1.29 is 16.8 Å². The normalized spacial score (nSPS) is 27.4. The van der Waals surface area contributed by atoms with Gasteiger partial charge in [0.2, 0.25) is 10.0 Å². The number of hydrogen-bond acceptors (Lipinski definition) is 5. The maximum absolute atomic E-state index is 11.8. The second kappa shape index (κ2) is 5.85. The summed E-state index contributed by atoms with van der Waals surface area (Å²) in [6.07, 6.45) is 0.869. The van der Waals surface area contributed by atoms with E-state index in [1.165, 1.54) is 0 Å². The standard InChI is InChI=1S/C10H22N2O4S2/c1-3-11-6-4-7-18(15,16)12-10(2)5-8-17(13,14)9-10/h11-12H,3-9H2,1-2H3. The van der Waals surface area contributed by atoms with Crippen molar-refractivity contribution in [2.45, 2.75) is 32.2 Å². The van der Waals surface area contributed by atoms with E-state index in [-0.39, 0.29) is 17.3 Å². The monoisotopic (exact) mass is 298 g/mol. The smallest absolute Gasteiger partial charge is 0.212 e. The van der Waals surface area contributed by atoms with Crippen LogP contribution in [0.2, 0.25) is 0 Å². The van der Waals surface area contributed by atoms with Gasteiger partial charge in [0, 0.05) is 5.54 Å². The van der Waals surface area contributed by atoms with Gasteiger partial charge in [-0.05, 0) is 32.9 Å². The summed E-state index contributed by atoms with van der Waals surface area (Å²) in [5.74, 6) is -0.0223. The van der Waals surface area contributed by atoms with E-state index in [9.17, 15) is 16.8 Å². The van der Waals surface area contributed by atoms with Crippen LogP contribution in [0.3, 0.4) is 0 Å². The van der Waals surface area contributed by atoms with Crippen LogP contribution in [0.1, 0.15) is 26.7 Å². The van der Waals surface area contributed by atoms with Crippen LogP contribution in [-0.2, 0) is 19.9 Å². The second-order valence-electron chi connectivity index (χ2n) is 5.03. The van der Waals surface area contributed by atoms with E-state index < -0.39 is 25.4 Å². The quantitative estimate of drug-likeness (QED) is 0.617. The average Bonchev–Trinajstić information content (AvgIpc) is 2.46. The molecule has 18 heavy (non-hydrogen) atoms. The Morgan fingerprint density at radius 3 is 2.50 bits per heavy atom. The SMILES string of the molecule is CCNCCCS(=O)(=O)NC1(C)CCS(=O)(=O)C1. The van der Waals surface area contributed by atoms with Gasteiger partial charge in [-0.15, -0.1) is 0 Å². The van der Waals surface area contributed by atoms with Gasteiger partial charge in [0.15, 0.2) is 9.84 Å². The summed E-state index contributed by atoms with van der Waals surface area (Å²) in [7, 11) is -6.50. The molecule has 1 saturated heterocycles. The summed E-state index contributed by atoms with van der Waals surface area (Å²) in [4.78, 5) is 0. The lowest BCUT2D eigenvalue weighted by Crippen LogP contribution is -2.47. The molecule has 1 atom stereocenters. The van der Waals surface area contributed by atoms with Crippen molar-refractivity contribution in [2.24, 2.45) is 0 Å². The molecule has 0 radical (unpaired) electrons. The third kappa shape index (κ3) is 5.21. The lowest BCUT2D eigenvalue weighted by atomic mass is 10.0. The molecule has 1 aliphatic rings. The summed E-state index contributed by atoms with van der Waals surface area (Å²) in [6, 6.07) is 0. The van der Waals surface area contributed by atoms with Gasteiger partial charge in [0.1, 0.15) is 0 Å². The first-order valence-corrected chi connectivity index (χ1v) is 9.58. The number of nitrogens with one attached hydrogen (secondary N) is 2. The minimum absolute atomic E-state index is 0.0235. The Balaban J connectivity index is 2.50. The summed E-state index contributed by atoms with van der Waals surface area (Å²) in [5.41, 5.74) is -0.837. The van der Waals surface area contributed by atoms with Gasteiger partial charge in [-0.2, -0.15) is 0 Å². The van der Waals surface area contributed by atoms with Gasteiger partial charge in [0.25, 0.3) is 0 Å². The van der Waals surface area contributed by atoms with Crippen LogP contribution in [0.25, 0.3) is 0 Å². The molecule has 1 fully saturated rings. The topological polar surface area (TPSA) is 92.3 Å². The molecule has 2 N–H and O–H groups in total. The molecule has 0 amide bonds. The van der Waals surface area contributed by atoms with Crippen LogP contribution in [-0.4, -0.2) is 52.7 Å². The van der Waals surface area contributed by atoms with E-state index in [0.717, 1.165) is 6.54 Å². The highest BCUT2D eigenvalue weighted by molar-refractivity contribution is 7.92. The van der Waals surface area contributed by atoms with Crippen molar-refractivity contribution in [2.75, 3.05) is 30.3 Å². The number of rotatable bonds is 7. The molecule has 1 unspecified atom stereocenters. The van der Waals surface area contributed by atoms with Crippen LogP contribution < -0.4 is 10.0 Å². The minimum atomic E-state index is -3.41. The molecule has 1 aliphatic heterocycles. The second-order valence-corrected chi connectivity index (χ2v) is 9.06. The van der Waals surface area contributed by atoms with E-state index in [0.29, 0.717) is 19.4 Å². The molecule has 108 valence electrons. The number of sulfonamides is 1. The molecule has 0 spiro atoms. The molecule has 0 aromatic carbocycles. The fraction of sp³-hybridized carbons (Fsp3) is 1.00. The molecule has 1 rings (SSSR count). The number of hydrogen-bond donors (Lipinski definition) is 2. The van der Waals surface area contributed by atoms with Crippen LogP contribution in [0.5, 0.6) is 0 Å². The Hall–Kier alpha value is -0.180. The zero-order chi connectivity index (χ0) is 13.9. The van der Waals surface area contributed by atoms with Crippen molar-refractivity contribution in [3.63, 3.8) is 0 Å². The van der Waals surface area contributed by atoms with Gasteiger partial charge < -0.3 is 5.32 Å². The van der Waals surface area contributed by atoms with E-state index >= 15 is 0 Å². The fourth-order valence-corrected chi connectivity index (χ4v) is 5.82. The molecule has 1 heterocycles. The Morgan fingerprint density at radius 2 is 2.00 bits per heavy atom. The molecule has 6 nitrogen and oxygen atoms in total. The predicted molar refractivity (Wildman–Crippen MR) is 71.8 cm³/mol.